The SMILES string of the molecule is CC[C@@H](C)C(=O)C1=C(O)C(C)=C2O[C@H]([C@](C)(O)CCC=C(C)C)C[C@]2(CC=C(C)C)C1=O. The molecule has 1 saturated heterocycles. The molecule has 0 spiro atoms. The van der Waals surface area contributed by atoms with Crippen molar-refractivity contribution in [3.8, 4) is 0 Å². The Kier molecular flexibility index (Phi) is 7.98. The Morgan fingerprint density at radius 1 is 1.25 bits per heavy atom. The molecule has 1 heterocycles. The van der Waals surface area contributed by atoms with Crippen LogP contribution in [-0.2, 0) is 14.3 Å². The van der Waals surface area contributed by atoms with E-state index in [0.717, 1.165) is 5.57 Å². The summed E-state index contributed by atoms with van der Waals surface area (Å²) in [6.07, 6.45) is 5.84. The van der Waals surface area contributed by atoms with Crippen LogP contribution in [0.5, 0.6) is 0 Å². The van der Waals surface area contributed by atoms with E-state index in [0.29, 0.717) is 37.0 Å². The van der Waals surface area contributed by atoms with Gasteiger partial charge in [-0.05, 0) is 67.2 Å². The van der Waals surface area contributed by atoms with Gasteiger partial charge in [0.1, 0.15) is 23.2 Å². The molecule has 0 amide bonds. The van der Waals surface area contributed by atoms with Gasteiger partial charge in [0.15, 0.2) is 11.6 Å². The standard InChI is InChI=1S/C27H40O5/c1-9-18(6)22(28)21-23(29)19(7)25-27(24(21)30,14-12-17(4)5)15-20(32-25)26(8,31)13-10-11-16(2)3/h11-12,18,20,29,31H,9-10,13-15H2,1-8H3/t18-,20+,26-,27-/m1/s1. The number of carbonyl (C=O) groups excluding carboxylic acids is 2. The summed E-state index contributed by atoms with van der Waals surface area (Å²) in [4.78, 5) is 26.9. The summed E-state index contributed by atoms with van der Waals surface area (Å²) in [6.45, 7) is 15.0. The van der Waals surface area contributed by atoms with E-state index < -0.39 is 17.1 Å². The van der Waals surface area contributed by atoms with Crippen LogP contribution in [0.25, 0.3) is 0 Å². The van der Waals surface area contributed by atoms with Crippen LogP contribution in [0.4, 0.5) is 0 Å². The summed E-state index contributed by atoms with van der Waals surface area (Å²) in [6, 6.07) is 0. The number of Topliss-reactive ketones (excluding diaryl/α,β-unsaturated/α-hetero) is 2. The van der Waals surface area contributed by atoms with E-state index in [-0.39, 0.29) is 35.2 Å². The Hall–Kier alpha value is -2.14. The lowest BCUT2D eigenvalue weighted by Gasteiger charge is -2.32. The molecule has 1 aliphatic heterocycles. The molecule has 2 aliphatic rings. The minimum absolute atomic E-state index is 0.115. The first-order chi connectivity index (χ1) is 14.8. The Morgan fingerprint density at radius 3 is 2.38 bits per heavy atom. The van der Waals surface area contributed by atoms with E-state index in [1.807, 2.05) is 40.7 Å². The highest BCUT2D eigenvalue weighted by atomic mass is 16.5. The lowest BCUT2D eigenvalue weighted by molar-refractivity contribution is -0.128. The fourth-order valence-corrected chi connectivity index (χ4v) is 4.46. The van der Waals surface area contributed by atoms with Crippen molar-refractivity contribution in [2.24, 2.45) is 11.3 Å². The van der Waals surface area contributed by atoms with Crippen LogP contribution in [-0.4, -0.2) is 33.5 Å². The Morgan fingerprint density at radius 2 is 1.84 bits per heavy atom. The van der Waals surface area contributed by atoms with Crippen LogP contribution in [0.15, 0.2) is 46.0 Å². The summed E-state index contributed by atoms with van der Waals surface area (Å²) in [7, 11) is 0. The highest BCUT2D eigenvalue weighted by Gasteiger charge is 2.59. The predicted octanol–water partition coefficient (Wildman–Crippen LogP) is 5.90. The maximum Gasteiger partial charge on any atom is 0.184 e. The quantitative estimate of drug-likeness (QED) is 0.342. The molecule has 0 bridgehead atoms. The molecule has 0 radical (unpaired) electrons. The maximum atomic E-state index is 13.9. The topological polar surface area (TPSA) is 83.8 Å². The molecule has 2 rings (SSSR count). The summed E-state index contributed by atoms with van der Waals surface area (Å²) >= 11 is 0. The lowest BCUT2D eigenvalue weighted by Crippen LogP contribution is -2.42. The maximum absolute atomic E-state index is 13.9. The summed E-state index contributed by atoms with van der Waals surface area (Å²) in [5, 5.41) is 22.1. The largest absolute Gasteiger partial charge is 0.507 e. The molecule has 4 atom stereocenters. The first-order valence-corrected chi connectivity index (χ1v) is 11.7. The zero-order chi connectivity index (χ0) is 24.4. The van der Waals surface area contributed by atoms with Gasteiger partial charge in [-0.2, -0.15) is 0 Å². The third-order valence-corrected chi connectivity index (χ3v) is 6.88. The molecule has 1 aliphatic carbocycles. The molecule has 2 N–H and O–H groups in total. The molecule has 5 heteroatoms. The molecular weight excluding hydrogens is 404 g/mol. The van der Waals surface area contributed by atoms with Crippen molar-refractivity contribution in [3.63, 3.8) is 0 Å². The number of hydrogen-bond donors (Lipinski definition) is 2. The molecule has 0 unspecified atom stereocenters. The van der Waals surface area contributed by atoms with Gasteiger partial charge in [-0.15, -0.1) is 0 Å². The van der Waals surface area contributed by atoms with E-state index in [4.69, 9.17) is 4.74 Å². The monoisotopic (exact) mass is 444 g/mol. The van der Waals surface area contributed by atoms with Gasteiger partial charge in [-0.25, -0.2) is 0 Å². The second-order valence-electron chi connectivity index (χ2n) is 10.2. The number of ketones is 2. The van der Waals surface area contributed by atoms with Gasteiger partial charge in [0.2, 0.25) is 0 Å². The summed E-state index contributed by atoms with van der Waals surface area (Å²) in [5.74, 6) is -0.973. The van der Waals surface area contributed by atoms with Crippen molar-refractivity contribution in [2.45, 2.75) is 99.2 Å². The van der Waals surface area contributed by atoms with E-state index in [1.165, 1.54) is 5.57 Å². The Bertz CT molecular complexity index is 891. The van der Waals surface area contributed by atoms with Gasteiger partial charge in [0, 0.05) is 17.9 Å². The molecule has 5 nitrogen and oxygen atoms in total. The van der Waals surface area contributed by atoms with Crippen molar-refractivity contribution >= 4 is 11.6 Å². The third kappa shape index (κ3) is 4.93. The molecule has 1 fully saturated rings. The van der Waals surface area contributed by atoms with Crippen LogP contribution < -0.4 is 0 Å². The average Bonchev–Trinajstić information content (AvgIpc) is 3.12. The fraction of sp³-hybridized carbons (Fsp3) is 0.630. The molecule has 178 valence electrons. The first-order valence-electron chi connectivity index (χ1n) is 11.7. The van der Waals surface area contributed by atoms with E-state index in [2.05, 4.69) is 6.08 Å². The van der Waals surface area contributed by atoms with Gasteiger partial charge < -0.3 is 14.9 Å². The van der Waals surface area contributed by atoms with E-state index in [9.17, 15) is 19.8 Å². The van der Waals surface area contributed by atoms with Gasteiger partial charge in [0.25, 0.3) is 0 Å². The number of hydrogen-bond acceptors (Lipinski definition) is 5. The molecule has 0 aromatic rings. The van der Waals surface area contributed by atoms with E-state index >= 15 is 0 Å². The van der Waals surface area contributed by atoms with Crippen LogP contribution in [0, 0.1) is 11.3 Å². The third-order valence-electron chi connectivity index (χ3n) is 6.88. The predicted molar refractivity (Wildman–Crippen MR) is 127 cm³/mol. The number of rotatable bonds is 9. The summed E-state index contributed by atoms with van der Waals surface area (Å²) in [5.41, 5.74) is 0.286. The van der Waals surface area contributed by atoms with Crippen LogP contribution in [0.3, 0.4) is 0 Å². The fourth-order valence-electron chi connectivity index (χ4n) is 4.46. The second kappa shape index (κ2) is 9.78. The minimum Gasteiger partial charge on any atom is -0.507 e. The summed E-state index contributed by atoms with van der Waals surface area (Å²) < 4.78 is 6.24. The highest BCUT2D eigenvalue weighted by molar-refractivity contribution is 6.25. The second-order valence-corrected chi connectivity index (χ2v) is 10.2. The van der Waals surface area contributed by atoms with Crippen molar-refractivity contribution in [2.75, 3.05) is 0 Å². The van der Waals surface area contributed by atoms with Gasteiger partial charge in [-0.1, -0.05) is 37.1 Å². The molecule has 32 heavy (non-hydrogen) atoms. The number of aliphatic hydroxyl groups excluding tert-OH is 1. The number of ether oxygens (including phenoxy) is 1. The normalized spacial score (nSPS) is 25.7. The molecule has 0 saturated carbocycles. The van der Waals surface area contributed by atoms with Crippen molar-refractivity contribution < 1.29 is 24.5 Å². The van der Waals surface area contributed by atoms with Crippen LogP contribution in [0.1, 0.15) is 87.5 Å². The average molecular weight is 445 g/mol. The molecule has 0 aromatic heterocycles. The van der Waals surface area contributed by atoms with Gasteiger partial charge in [-0.3, -0.25) is 9.59 Å². The highest BCUT2D eigenvalue weighted by Crippen LogP contribution is 2.54. The number of carbonyl (C=O) groups is 2. The van der Waals surface area contributed by atoms with Gasteiger partial charge >= 0.3 is 0 Å². The number of aliphatic hydroxyl groups is 2. The van der Waals surface area contributed by atoms with Gasteiger partial charge in [0.05, 0.1) is 11.0 Å². The number of allylic oxidation sites excluding steroid dienone is 7. The van der Waals surface area contributed by atoms with Crippen LogP contribution >= 0.6 is 0 Å². The van der Waals surface area contributed by atoms with Crippen molar-refractivity contribution in [1.29, 1.82) is 0 Å². The van der Waals surface area contributed by atoms with Crippen molar-refractivity contribution in [3.05, 3.63) is 46.0 Å². The van der Waals surface area contributed by atoms with E-state index in [1.54, 1.807) is 20.8 Å². The van der Waals surface area contributed by atoms with Crippen LogP contribution in [0.2, 0.25) is 0 Å². The smallest absolute Gasteiger partial charge is 0.184 e. The molecule has 0 aromatic carbocycles. The van der Waals surface area contributed by atoms with Crippen molar-refractivity contribution in [1.82, 2.24) is 0 Å². The molecular formula is C27H40O5. The zero-order valence-corrected chi connectivity index (χ0v) is 21.0. The first kappa shape index (κ1) is 26.1. The lowest BCUT2D eigenvalue weighted by atomic mass is 9.66. The Balaban J connectivity index is 2.54. The number of fused-ring (bicyclic) bond motifs is 1. The zero-order valence-electron chi connectivity index (χ0n) is 21.0. The Labute approximate surface area is 192 Å². The minimum atomic E-state index is -1.16.